The molecule has 0 radical (unpaired) electrons. The molecule has 3 amide bonds. The third kappa shape index (κ3) is 5.44. The molecule has 0 aliphatic heterocycles. The van der Waals surface area contributed by atoms with E-state index in [2.05, 4.69) is 17.6 Å². The molecule has 2 atom stereocenters. The van der Waals surface area contributed by atoms with Crippen molar-refractivity contribution >= 4 is 17.6 Å². The summed E-state index contributed by atoms with van der Waals surface area (Å²) in [5.74, 6) is -0.288. The van der Waals surface area contributed by atoms with Crippen LogP contribution in [0.1, 0.15) is 38.2 Å². The second-order valence-electron chi connectivity index (χ2n) is 6.41. The smallest absolute Gasteiger partial charge is 0.321 e. The third-order valence-electron chi connectivity index (χ3n) is 4.35. The van der Waals surface area contributed by atoms with Gasteiger partial charge in [0, 0.05) is 12.1 Å². The molecule has 2 rings (SSSR count). The van der Waals surface area contributed by atoms with Gasteiger partial charge in [-0.25, -0.2) is 4.79 Å². The summed E-state index contributed by atoms with van der Waals surface area (Å²) in [5, 5.41) is 16.0. The van der Waals surface area contributed by atoms with Gasteiger partial charge in [0.25, 0.3) is 5.91 Å². The first kappa shape index (κ1) is 18.7. The SMILES string of the molecule is Cc1ccc(OCC(=O)NC(=O)N[C@H]2CCCC[C@@H]2C)c([N+](=O)[O-])c1. The molecule has 136 valence electrons. The van der Waals surface area contributed by atoms with Gasteiger partial charge in [0.15, 0.2) is 12.4 Å². The van der Waals surface area contributed by atoms with Crippen LogP contribution in [0, 0.1) is 23.0 Å². The van der Waals surface area contributed by atoms with Crippen LogP contribution in [0.5, 0.6) is 5.75 Å². The minimum absolute atomic E-state index is 0.00735. The first-order valence-corrected chi connectivity index (χ1v) is 8.35. The predicted octanol–water partition coefficient (Wildman–Crippen LogP) is 2.69. The zero-order chi connectivity index (χ0) is 18.4. The van der Waals surface area contributed by atoms with Gasteiger partial charge in [-0.3, -0.25) is 20.2 Å². The third-order valence-corrected chi connectivity index (χ3v) is 4.35. The van der Waals surface area contributed by atoms with Gasteiger partial charge < -0.3 is 10.1 Å². The van der Waals surface area contributed by atoms with Gasteiger partial charge >= 0.3 is 11.7 Å². The van der Waals surface area contributed by atoms with Crippen molar-refractivity contribution in [2.24, 2.45) is 5.92 Å². The van der Waals surface area contributed by atoms with E-state index in [1.165, 1.54) is 12.1 Å². The zero-order valence-corrected chi connectivity index (χ0v) is 14.4. The molecule has 1 aromatic rings. The van der Waals surface area contributed by atoms with Crippen LogP contribution in [0.4, 0.5) is 10.5 Å². The minimum atomic E-state index is -0.657. The fourth-order valence-electron chi connectivity index (χ4n) is 2.93. The van der Waals surface area contributed by atoms with Gasteiger partial charge in [-0.2, -0.15) is 0 Å². The lowest BCUT2D eigenvalue weighted by Gasteiger charge is -2.29. The van der Waals surface area contributed by atoms with Crippen molar-refractivity contribution in [3.63, 3.8) is 0 Å². The van der Waals surface area contributed by atoms with Gasteiger partial charge in [0.2, 0.25) is 0 Å². The number of rotatable bonds is 5. The standard InChI is InChI=1S/C17H23N3O5/c1-11-7-8-15(14(9-11)20(23)24)25-10-16(21)19-17(22)18-13-6-4-3-5-12(13)2/h7-9,12-13H,3-6,10H2,1-2H3,(H2,18,19,21,22)/t12-,13-/m0/s1. The maximum atomic E-state index is 11.9. The average Bonchev–Trinajstić information content (AvgIpc) is 2.55. The first-order chi connectivity index (χ1) is 11.9. The van der Waals surface area contributed by atoms with Crippen molar-refractivity contribution in [3.8, 4) is 5.75 Å². The van der Waals surface area contributed by atoms with Crippen molar-refractivity contribution in [1.82, 2.24) is 10.6 Å². The number of ether oxygens (including phenoxy) is 1. The zero-order valence-electron chi connectivity index (χ0n) is 14.4. The largest absolute Gasteiger partial charge is 0.477 e. The molecule has 0 aromatic heterocycles. The van der Waals surface area contributed by atoms with Crippen LogP contribution in [-0.2, 0) is 4.79 Å². The summed E-state index contributed by atoms with van der Waals surface area (Å²) in [5.41, 5.74) is 0.498. The molecular formula is C17H23N3O5. The van der Waals surface area contributed by atoms with Gasteiger partial charge in [0.1, 0.15) is 0 Å². The number of nitro groups is 1. The lowest BCUT2D eigenvalue weighted by atomic mass is 9.86. The number of aryl methyl sites for hydroxylation is 1. The number of nitrogens with one attached hydrogen (secondary N) is 2. The maximum absolute atomic E-state index is 11.9. The number of nitro benzene ring substituents is 1. The highest BCUT2D eigenvalue weighted by Gasteiger charge is 2.23. The number of imide groups is 1. The van der Waals surface area contributed by atoms with Crippen molar-refractivity contribution in [2.45, 2.75) is 45.6 Å². The number of benzene rings is 1. The fourth-order valence-corrected chi connectivity index (χ4v) is 2.93. The molecule has 25 heavy (non-hydrogen) atoms. The summed E-state index contributed by atoms with van der Waals surface area (Å²) in [4.78, 5) is 34.2. The van der Waals surface area contributed by atoms with E-state index in [4.69, 9.17) is 4.74 Å². The predicted molar refractivity (Wildman–Crippen MR) is 91.4 cm³/mol. The van der Waals surface area contributed by atoms with E-state index in [0.717, 1.165) is 25.7 Å². The van der Waals surface area contributed by atoms with Crippen LogP contribution in [0.25, 0.3) is 0 Å². The monoisotopic (exact) mass is 349 g/mol. The molecule has 8 heteroatoms. The van der Waals surface area contributed by atoms with E-state index in [1.54, 1.807) is 13.0 Å². The number of hydrogen-bond acceptors (Lipinski definition) is 5. The van der Waals surface area contributed by atoms with E-state index < -0.39 is 23.5 Å². The number of nitrogens with zero attached hydrogens (tertiary/aromatic N) is 1. The quantitative estimate of drug-likeness (QED) is 0.627. The van der Waals surface area contributed by atoms with Crippen LogP contribution in [0.15, 0.2) is 18.2 Å². The van der Waals surface area contributed by atoms with E-state index in [0.29, 0.717) is 11.5 Å². The summed E-state index contributed by atoms with van der Waals surface area (Å²) in [6.45, 7) is 3.32. The van der Waals surface area contributed by atoms with E-state index in [1.807, 2.05) is 0 Å². The Hall–Kier alpha value is -2.64. The lowest BCUT2D eigenvalue weighted by Crippen LogP contribution is -2.48. The highest BCUT2D eigenvalue weighted by molar-refractivity contribution is 5.95. The molecule has 1 aromatic carbocycles. The molecule has 0 spiro atoms. The molecule has 1 fully saturated rings. The van der Waals surface area contributed by atoms with Crippen LogP contribution >= 0.6 is 0 Å². The Balaban J connectivity index is 1.84. The molecule has 0 bridgehead atoms. The highest BCUT2D eigenvalue weighted by atomic mass is 16.6. The summed E-state index contributed by atoms with van der Waals surface area (Å²) >= 11 is 0. The van der Waals surface area contributed by atoms with E-state index in [9.17, 15) is 19.7 Å². The molecule has 8 nitrogen and oxygen atoms in total. The number of urea groups is 1. The molecule has 0 unspecified atom stereocenters. The molecular weight excluding hydrogens is 326 g/mol. The topological polar surface area (TPSA) is 111 Å². The second kappa shape index (κ2) is 8.46. The number of carbonyl (C=O) groups excluding carboxylic acids is 2. The Morgan fingerprint density at radius 2 is 2.04 bits per heavy atom. The van der Waals surface area contributed by atoms with Crippen LogP contribution < -0.4 is 15.4 Å². The van der Waals surface area contributed by atoms with Crippen molar-refractivity contribution < 1.29 is 19.2 Å². The van der Waals surface area contributed by atoms with Crippen molar-refractivity contribution in [2.75, 3.05) is 6.61 Å². The Morgan fingerprint density at radius 1 is 1.32 bits per heavy atom. The molecule has 0 heterocycles. The molecule has 2 N–H and O–H groups in total. The Morgan fingerprint density at radius 3 is 2.72 bits per heavy atom. The highest BCUT2D eigenvalue weighted by Crippen LogP contribution is 2.27. The van der Waals surface area contributed by atoms with Crippen molar-refractivity contribution in [3.05, 3.63) is 33.9 Å². The molecule has 1 aliphatic rings. The Bertz CT molecular complexity index is 662. The van der Waals surface area contributed by atoms with Gasteiger partial charge in [0.05, 0.1) is 4.92 Å². The van der Waals surface area contributed by atoms with E-state index in [-0.39, 0.29) is 17.5 Å². The Labute approximate surface area is 146 Å². The molecule has 1 saturated carbocycles. The second-order valence-corrected chi connectivity index (χ2v) is 6.41. The average molecular weight is 349 g/mol. The van der Waals surface area contributed by atoms with Crippen LogP contribution in [-0.4, -0.2) is 29.5 Å². The number of carbonyl (C=O) groups is 2. The van der Waals surface area contributed by atoms with Gasteiger partial charge in [-0.05, 0) is 37.3 Å². The summed E-state index contributed by atoms with van der Waals surface area (Å²) in [7, 11) is 0. The number of hydrogen-bond donors (Lipinski definition) is 2. The summed E-state index contributed by atoms with van der Waals surface area (Å²) in [6.07, 6.45) is 4.17. The lowest BCUT2D eigenvalue weighted by molar-refractivity contribution is -0.385. The minimum Gasteiger partial charge on any atom is -0.477 e. The van der Waals surface area contributed by atoms with Crippen LogP contribution in [0.3, 0.4) is 0 Å². The normalized spacial score (nSPS) is 19.8. The van der Waals surface area contributed by atoms with Crippen molar-refractivity contribution in [1.29, 1.82) is 0 Å². The molecule has 1 aliphatic carbocycles. The van der Waals surface area contributed by atoms with Gasteiger partial charge in [-0.15, -0.1) is 0 Å². The van der Waals surface area contributed by atoms with Gasteiger partial charge in [-0.1, -0.05) is 25.8 Å². The summed E-state index contributed by atoms with van der Waals surface area (Å²) in [6, 6.07) is 3.94. The molecule has 0 saturated heterocycles. The first-order valence-electron chi connectivity index (χ1n) is 8.35. The number of amides is 3. The Kier molecular flexibility index (Phi) is 6.32. The fraction of sp³-hybridized carbons (Fsp3) is 0.529. The van der Waals surface area contributed by atoms with E-state index >= 15 is 0 Å². The summed E-state index contributed by atoms with van der Waals surface area (Å²) < 4.78 is 5.19. The van der Waals surface area contributed by atoms with Crippen LogP contribution in [0.2, 0.25) is 0 Å². The maximum Gasteiger partial charge on any atom is 0.321 e.